The monoisotopic (exact) mass is 494 g/mol. The molecule has 0 radical (unpaired) electrons. The molecular weight excluding hydrogens is 475 g/mol. The van der Waals surface area contributed by atoms with Crippen LogP contribution in [0, 0.1) is 0 Å². The second kappa shape index (κ2) is 8.74. The summed E-state index contributed by atoms with van der Waals surface area (Å²) in [6, 6.07) is 12.9. The number of benzene rings is 2. The van der Waals surface area contributed by atoms with Crippen molar-refractivity contribution in [3.05, 3.63) is 76.0 Å². The fourth-order valence-corrected chi connectivity index (χ4v) is 4.15. The van der Waals surface area contributed by atoms with Crippen molar-refractivity contribution in [2.75, 3.05) is 0 Å². The van der Waals surface area contributed by atoms with E-state index in [2.05, 4.69) is 9.97 Å². The lowest BCUT2D eigenvalue weighted by Gasteiger charge is -2.12. The third kappa shape index (κ3) is 4.62. The van der Waals surface area contributed by atoms with Crippen LogP contribution in [0.2, 0.25) is 10.0 Å². The van der Waals surface area contributed by atoms with Crippen LogP contribution in [-0.2, 0) is 11.3 Å². The minimum absolute atomic E-state index is 0.228. The summed E-state index contributed by atoms with van der Waals surface area (Å²) >= 11 is 12.9. The van der Waals surface area contributed by atoms with Crippen molar-refractivity contribution in [2.45, 2.75) is 31.9 Å². The topological polar surface area (TPSA) is 90.1 Å². The van der Waals surface area contributed by atoms with E-state index < -0.39 is 5.97 Å². The maximum absolute atomic E-state index is 10.9. The molecule has 0 atom stereocenters. The van der Waals surface area contributed by atoms with Crippen molar-refractivity contribution in [1.82, 2.24) is 19.5 Å². The first-order valence-corrected chi connectivity index (χ1v) is 11.4. The lowest BCUT2D eigenvalue weighted by Crippen LogP contribution is -2.13. The average Bonchev–Trinajstić information content (AvgIpc) is 3.41. The third-order valence-corrected chi connectivity index (χ3v) is 6.23. The van der Waals surface area contributed by atoms with Crippen molar-refractivity contribution in [2.24, 2.45) is 0 Å². The molecule has 34 heavy (non-hydrogen) atoms. The number of imidazole rings is 1. The molecule has 7 nitrogen and oxygen atoms in total. The Labute approximate surface area is 205 Å². The molecule has 1 saturated carbocycles. The molecule has 0 aliphatic heterocycles. The summed E-state index contributed by atoms with van der Waals surface area (Å²) < 4.78 is 8.11. The molecule has 0 bridgehead atoms. The number of nitrogens with zero attached hydrogens (tertiary/aromatic N) is 4. The van der Waals surface area contributed by atoms with Crippen LogP contribution in [0.3, 0.4) is 0 Å². The highest BCUT2D eigenvalue weighted by molar-refractivity contribution is 6.33. The lowest BCUT2D eigenvalue weighted by atomic mass is 10.1. The number of aromatic nitrogens is 4. The number of carboxylic acids is 1. The summed E-state index contributed by atoms with van der Waals surface area (Å²) in [6.07, 6.45) is 5.96. The molecule has 2 heterocycles. The molecule has 1 fully saturated rings. The summed E-state index contributed by atoms with van der Waals surface area (Å²) in [7, 11) is 0. The van der Waals surface area contributed by atoms with Gasteiger partial charge in [0.1, 0.15) is 17.8 Å². The maximum atomic E-state index is 10.9. The molecule has 1 aliphatic carbocycles. The van der Waals surface area contributed by atoms with Gasteiger partial charge in [0.15, 0.2) is 11.2 Å². The molecule has 2 aromatic heterocycles. The number of fused-ring (bicyclic) bond motifs is 1. The molecule has 0 spiro atoms. The van der Waals surface area contributed by atoms with Gasteiger partial charge >= 0.3 is 5.97 Å². The van der Waals surface area contributed by atoms with Gasteiger partial charge in [-0.3, -0.25) is 0 Å². The fraction of sp³-hybridized carbons (Fsp3) is 0.200. The first-order chi connectivity index (χ1) is 16.3. The first kappa shape index (κ1) is 22.4. The first-order valence-electron chi connectivity index (χ1n) is 10.7. The van der Waals surface area contributed by atoms with Crippen LogP contribution in [0.25, 0.3) is 28.6 Å². The molecule has 0 saturated heterocycles. The molecule has 1 aliphatic rings. The van der Waals surface area contributed by atoms with E-state index in [0.717, 1.165) is 24.5 Å². The van der Waals surface area contributed by atoms with Crippen molar-refractivity contribution in [3.63, 3.8) is 0 Å². The van der Waals surface area contributed by atoms with E-state index in [1.807, 2.05) is 41.8 Å². The van der Waals surface area contributed by atoms with Gasteiger partial charge in [-0.25, -0.2) is 14.8 Å². The highest BCUT2D eigenvalue weighted by atomic mass is 35.5. The van der Waals surface area contributed by atoms with Crippen molar-refractivity contribution in [3.8, 4) is 17.3 Å². The maximum Gasteiger partial charge on any atom is 0.328 e. The Morgan fingerprint density at radius 2 is 2.03 bits per heavy atom. The van der Waals surface area contributed by atoms with Crippen molar-refractivity contribution in [1.29, 1.82) is 0 Å². The van der Waals surface area contributed by atoms with Crippen LogP contribution in [-0.4, -0.2) is 36.2 Å². The minimum Gasteiger partial charge on any atom is -0.478 e. The van der Waals surface area contributed by atoms with E-state index in [9.17, 15) is 4.79 Å². The minimum atomic E-state index is -1.03. The normalized spacial score (nSPS) is 14.6. The van der Waals surface area contributed by atoms with Gasteiger partial charge in [-0.2, -0.15) is 4.98 Å². The molecule has 2 aromatic carbocycles. The fourth-order valence-electron chi connectivity index (χ4n) is 3.66. The number of carboxylic acid groups (broad SMARTS) is 1. The van der Waals surface area contributed by atoms with E-state index >= 15 is 0 Å². The summed E-state index contributed by atoms with van der Waals surface area (Å²) in [5, 5.41) is 9.96. The van der Waals surface area contributed by atoms with Gasteiger partial charge in [-0.1, -0.05) is 41.4 Å². The predicted molar refractivity (Wildman–Crippen MR) is 131 cm³/mol. The van der Waals surface area contributed by atoms with E-state index in [-0.39, 0.29) is 5.60 Å². The highest BCUT2D eigenvalue weighted by Crippen LogP contribution is 2.41. The van der Waals surface area contributed by atoms with E-state index in [0.29, 0.717) is 50.6 Å². The zero-order valence-electron chi connectivity index (χ0n) is 18.2. The Hall–Kier alpha value is -3.42. The average molecular weight is 495 g/mol. The number of carbonyl (C=O) groups is 1. The SMILES string of the molecule is CC1(Oc2ncnc3c2nc(-c2ccc(/C=C/C(=O)O)cc2Cl)n3Cc2cccc(Cl)c2)CC1. The largest absolute Gasteiger partial charge is 0.478 e. The molecule has 0 unspecified atom stereocenters. The number of hydrogen-bond acceptors (Lipinski definition) is 5. The molecule has 5 rings (SSSR count). The summed E-state index contributed by atoms with van der Waals surface area (Å²) in [4.78, 5) is 24.6. The Morgan fingerprint density at radius 3 is 2.74 bits per heavy atom. The van der Waals surface area contributed by atoms with E-state index in [1.165, 1.54) is 12.4 Å². The van der Waals surface area contributed by atoms with Gasteiger partial charge in [-0.05, 0) is 61.2 Å². The van der Waals surface area contributed by atoms with Gasteiger partial charge < -0.3 is 14.4 Å². The Kier molecular flexibility index (Phi) is 5.75. The second-order valence-corrected chi connectivity index (χ2v) is 9.31. The van der Waals surface area contributed by atoms with Gasteiger partial charge in [0.05, 0.1) is 11.6 Å². The van der Waals surface area contributed by atoms with Gasteiger partial charge in [0, 0.05) is 16.7 Å². The Bertz CT molecular complexity index is 1440. The molecule has 172 valence electrons. The van der Waals surface area contributed by atoms with Gasteiger partial charge in [0.2, 0.25) is 5.88 Å². The summed E-state index contributed by atoms with van der Waals surface area (Å²) in [5.74, 6) is 0.00671. The van der Waals surface area contributed by atoms with Crippen LogP contribution >= 0.6 is 23.2 Å². The molecule has 4 aromatic rings. The van der Waals surface area contributed by atoms with Gasteiger partial charge in [-0.15, -0.1) is 0 Å². The number of hydrogen-bond donors (Lipinski definition) is 1. The third-order valence-electron chi connectivity index (χ3n) is 5.68. The number of ether oxygens (including phenoxy) is 1. The van der Waals surface area contributed by atoms with Crippen molar-refractivity contribution >= 4 is 46.4 Å². The predicted octanol–water partition coefficient (Wildman–Crippen LogP) is 5.88. The number of halogens is 2. The number of aliphatic carboxylic acids is 1. The van der Waals surface area contributed by atoms with Crippen LogP contribution in [0.4, 0.5) is 0 Å². The smallest absolute Gasteiger partial charge is 0.328 e. The van der Waals surface area contributed by atoms with Crippen LogP contribution in [0.5, 0.6) is 5.88 Å². The Balaban J connectivity index is 1.65. The van der Waals surface area contributed by atoms with Crippen LogP contribution in [0.1, 0.15) is 30.9 Å². The number of rotatable bonds is 7. The summed E-state index contributed by atoms with van der Waals surface area (Å²) in [5.41, 5.74) is 3.26. The lowest BCUT2D eigenvalue weighted by molar-refractivity contribution is -0.131. The molecular formula is C25H20Cl2N4O3. The molecule has 1 N–H and O–H groups in total. The highest BCUT2D eigenvalue weighted by Gasteiger charge is 2.41. The zero-order chi connectivity index (χ0) is 23.9. The van der Waals surface area contributed by atoms with Gasteiger partial charge in [0.25, 0.3) is 0 Å². The molecule has 9 heteroatoms. The van der Waals surface area contributed by atoms with E-state index in [1.54, 1.807) is 12.1 Å². The summed E-state index contributed by atoms with van der Waals surface area (Å²) in [6.45, 7) is 2.50. The Morgan fingerprint density at radius 1 is 1.21 bits per heavy atom. The quantitative estimate of drug-likeness (QED) is 0.322. The zero-order valence-corrected chi connectivity index (χ0v) is 19.7. The van der Waals surface area contributed by atoms with Crippen LogP contribution in [0.15, 0.2) is 54.9 Å². The molecule has 0 amide bonds. The second-order valence-electron chi connectivity index (χ2n) is 8.47. The van der Waals surface area contributed by atoms with Crippen LogP contribution < -0.4 is 4.74 Å². The van der Waals surface area contributed by atoms with Crippen molar-refractivity contribution < 1.29 is 14.6 Å². The standard InChI is InChI=1S/C25H20Cl2N4O3/c1-25(9-10-25)34-24-21-23(28-14-29-24)31(13-16-3-2-4-17(26)11-16)22(30-21)18-7-5-15(12-19(18)27)6-8-20(32)33/h2-8,11-12,14H,9-10,13H2,1H3,(H,32,33)/b8-6+. The van der Waals surface area contributed by atoms with E-state index in [4.69, 9.17) is 38.0 Å².